The van der Waals surface area contributed by atoms with E-state index in [0.717, 1.165) is 18.5 Å². The Hall–Kier alpha value is -0.930. The van der Waals surface area contributed by atoms with Gasteiger partial charge in [-0.05, 0) is 25.0 Å². The van der Waals surface area contributed by atoms with Crippen LogP contribution in [0.15, 0.2) is 24.4 Å². The highest BCUT2D eigenvalue weighted by atomic mass is 16.5. The zero-order chi connectivity index (χ0) is 11.4. The van der Waals surface area contributed by atoms with Crippen LogP contribution in [0.3, 0.4) is 0 Å². The fourth-order valence-electron chi connectivity index (χ4n) is 2.26. The van der Waals surface area contributed by atoms with Crippen molar-refractivity contribution in [1.82, 2.24) is 4.98 Å². The molecule has 1 aliphatic heterocycles. The van der Waals surface area contributed by atoms with Gasteiger partial charge in [0.1, 0.15) is 0 Å². The minimum absolute atomic E-state index is 0.197. The molecule has 1 saturated heterocycles. The van der Waals surface area contributed by atoms with E-state index in [1.54, 1.807) is 6.20 Å². The summed E-state index contributed by atoms with van der Waals surface area (Å²) in [7, 11) is 0. The van der Waals surface area contributed by atoms with Crippen LogP contribution in [0, 0.1) is 0 Å². The third-order valence-electron chi connectivity index (χ3n) is 3.22. The summed E-state index contributed by atoms with van der Waals surface area (Å²) in [6.07, 6.45) is 5.00. The minimum atomic E-state index is -0.632. The van der Waals surface area contributed by atoms with Crippen molar-refractivity contribution in [1.29, 1.82) is 0 Å². The number of nitrogens with zero attached hydrogens (tertiary/aromatic N) is 1. The van der Waals surface area contributed by atoms with Gasteiger partial charge in [0.15, 0.2) is 0 Å². The number of hydrogen-bond donors (Lipinski definition) is 1. The molecule has 0 spiro atoms. The topological polar surface area (TPSA) is 42.4 Å². The average Bonchev–Trinajstić information content (AvgIpc) is 2.29. The van der Waals surface area contributed by atoms with Gasteiger partial charge in [0.2, 0.25) is 0 Å². The largest absolute Gasteiger partial charge is 0.389 e. The van der Waals surface area contributed by atoms with Crippen LogP contribution in [-0.2, 0) is 11.2 Å². The monoisotopic (exact) mass is 221 g/mol. The maximum atomic E-state index is 10.5. The predicted octanol–water partition coefficient (Wildman–Crippen LogP) is 1.94. The van der Waals surface area contributed by atoms with Crippen molar-refractivity contribution < 1.29 is 9.84 Å². The lowest BCUT2D eigenvalue weighted by Gasteiger charge is -2.36. The van der Waals surface area contributed by atoms with E-state index in [-0.39, 0.29) is 6.10 Å². The van der Waals surface area contributed by atoms with Gasteiger partial charge >= 0.3 is 0 Å². The summed E-state index contributed by atoms with van der Waals surface area (Å²) in [6.45, 7) is 2.75. The number of aromatic nitrogens is 1. The maximum absolute atomic E-state index is 10.5. The smallest absolute Gasteiger partial charge is 0.0749 e. The summed E-state index contributed by atoms with van der Waals surface area (Å²) in [5.41, 5.74) is 0.328. The molecule has 1 aromatic heterocycles. The van der Waals surface area contributed by atoms with E-state index in [1.807, 2.05) is 18.2 Å². The van der Waals surface area contributed by atoms with E-state index in [9.17, 15) is 5.11 Å². The zero-order valence-electron chi connectivity index (χ0n) is 9.72. The second-order valence-electron chi connectivity index (χ2n) is 4.58. The van der Waals surface area contributed by atoms with Gasteiger partial charge in [-0.25, -0.2) is 0 Å². The quantitative estimate of drug-likeness (QED) is 0.848. The molecule has 2 unspecified atom stereocenters. The Morgan fingerprint density at radius 2 is 2.44 bits per heavy atom. The van der Waals surface area contributed by atoms with Crippen molar-refractivity contribution in [3.05, 3.63) is 30.1 Å². The Kier molecular flexibility index (Phi) is 3.56. The Bertz CT molecular complexity index is 328. The molecular weight excluding hydrogens is 202 g/mol. The first kappa shape index (κ1) is 11.6. The summed E-state index contributed by atoms with van der Waals surface area (Å²) in [5, 5.41) is 10.5. The van der Waals surface area contributed by atoms with E-state index < -0.39 is 5.60 Å². The van der Waals surface area contributed by atoms with Crippen LogP contribution in [0.5, 0.6) is 0 Å². The van der Waals surface area contributed by atoms with Crippen LogP contribution in [0.2, 0.25) is 0 Å². The SMILES string of the molecule is CCC1CC(O)(Cc2ccccn2)CCO1. The lowest BCUT2D eigenvalue weighted by molar-refractivity contribution is -0.103. The molecule has 1 aromatic rings. The molecule has 3 nitrogen and oxygen atoms in total. The standard InChI is InChI=1S/C13H19NO2/c1-2-12-10-13(15,6-8-16-12)9-11-5-3-4-7-14-11/h3-5,7,12,15H,2,6,8-10H2,1H3. The first-order valence-electron chi connectivity index (χ1n) is 5.96. The van der Waals surface area contributed by atoms with E-state index in [0.29, 0.717) is 19.4 Å². The van der Waals surface area contributed by atoms with Crippen molar-refractivity contribution in [2.45, 2.75) is 44.3 Å². The zero-order valence-corrected chi connectivity index (χ0v) is 9.72. The lowest BCUT2D eigenvalue weighted by atomic mass is 9.85. The number of ether oxygens (including phenoxy) is 1. The molecule has 2 atom stereocenters. The molecule has 0 amide bonds. The first-order chi connectivity index (χ1) is 7.72. The number of pyridine rings is 1. The lowest BCUT2D eigenvalue weighted by Crippen LogP contribution is -2.42. The average molecular weight is 221 g/mol. The van der Waals surface area contributed by atoms with Crippen LogP contribution >= 0.6 is 0 Å². The fraction of sp³-hybridized carbons (Fsp3) is 0.615. The molecule has 2 rings (SSSR count). The molecule has 88 valence electrons. The molecule has 1 N–H and O–H groups in total. The maximum Gasteiger partial charge on any atom is 0.0749 e. The summed E-state index contributed by atoms with van der Waals surface area (Å²) < 4.78 is 5.58. The number of rotatable bonds is 3. The normalized spacial score (nSPS) is 30.2. The fourth-order valence-corrected chi connectivity index (χ4v) is 2.26. The van der Waals surface area contributed by atoms with Crippen molar-refractivity contribution in [2.24, 2.45) is 0 Å². The third kappa shape index (κ3) is 2.80. The Labute approximate surface area is 96.5 Å². The van der Waals surface area contributed by atoms with Crippen molar-refractivity contribution in [3.63, 3.8) is 0 Å². The van der Waals surface area contributed by atoms with Gasteiger partial charge in [0.05, 0.1) is 11.7 Å². The van der Waals surface area contributed by atoms with Crippen molar-refractivity contribution in [2.75, 3.05) is 6.61 Å². The van der Waals surface area contributed by atoms with Gasteiger partial charge < -0.3 is 9.84 Å². The first-order valence-corrected chi connectivity index (χ1v) is 5.96. The molecule has 0 bridgehead atoms. The van der Waals surface area contributed by atoms with Crippen LogP contribution in [0.1, 0.15) is 31.9 Å². The van der Waals surface area contributed by atoms with Crippen LogP contribution in [0.4, 0.5) is 0 Å². The molecule has 0 saturated carbocycles. The van der Waals surface area contributed by atoms with Gasteiger partial charge in [-0.15, -0.1) is 0 Å². The van der Waals surface area contributed by atoms with E-state index in [4.69, 9.17) is 4.74 Å². The summed E-state index contributed by atoms with van der Waals surface area (Å²) in [5.74, 6) is 0. The van der Waals surface area contributed by atoms with Crippen molar-refractivity contribution in [3.8, 4) is 0 Å². The van der Waals surface area contributed by atoms with Crippen LogP contribution in [-0.4, -0.2) is 28.4 Å². The molecule has 3 heteroatoms. The van der Waals surface area contributed by atoms with Gasteiger partial charge in [-0.3, -0.25) is 4.98 Å². The van der Waals surface area contributed by atoms with Crippen LogP contribution < -0.4 is 0 Å². The highest BCUT2D eigenvalue weighted by Gasteiger charge is 2.34. The van der Waals surface area contributed by atoms with E-state index >= 15 is 0 Å². The highest BCUT2D eigenvalue weighted by molar-refractivity contribution is 5.07. The van der Waals surface area contributed by atoms with Gasteiger partial charge in [0, 0.05) is 31.3 Å². The minimum Gasteiger partial charge on any atom is -0.389 e. The number of hydrogen-bond acceptors (Lipinski definition) is 3. The highest BCUT2D eigenvalue weighted by Crippen LogP contribution is 2.29. The van der Waals surface area contributed by atoms with E-state index in [2.05, 4.69) is 11.9 Å². The number of aliphatic hydroxyl groups is 1. The van der Waals surface area contributed by atoms with Gasteiger partial charge in [0.25, 0.3) is 0 Å². The molecular formula is C13H19NO2. The van der Waals surface area contributed by atoms with Crippen LogP contribution in [0.25, 0.3) is 0 Å². The molecule has 16 heavy (non-hydrogen) atoms. The summed E-state index contributed by atoms with van der Waals surface area (Å²) >= 11 is 0. The molecule has 0 aliphatic carbocycles. The second-order valence-corrected chi connectivity index (χ2v) is 4.58. The Balaban J connectivity index is 2.02. The molecule has 1 fully saturated rings. The molecule has 0 aromatic carbocycles. The summed E-state index contributed by atoms with van der Waals surface area (Å²) in [6, 6.07) is 5.82. The predicted molar refractivity (Wildman–Crippen MR) is 62.2 cm³/mol. The molecule has 1 aliphatic rings. The van der Waals surface area contributed by atoms with Gasteiger partial charge in [-0.1, -0.05) is 13.0 Å². The van der Waals surface area contributed by atoms with E-state index in [1.165, 1.54) is 0 Å². The molecule has 0 radical (unpaired) electrons. The van der Waals surface area contributed by atoms with Crippen molar-refractivity contribution >= 4 is 0 Å². The van der Waals surface area contributed by atoms with Gasteiger partial charge in [-0.2, -0.15) is 0 Å². The Morgan fingerprint density at radius 1 is 1.56 bits per heavy atom. The Morgan fingerprint density at radius 3 is 3.12 bits per heavy atom. The third-order valence-corrected chi connectivity index (χ3v) is 3.22. The molecule has 2 heterocycles. The second kappa shape index (κ2) is 4.93. The summed E-state index contributed by atoms with van der Waals surface area (Å²) in [4.78, 5) is 4.27.